The average Bonchev–Trinajstić information content (AvgIpc) is 2.48. The highest BCUT2D eigenvalue weighted by molar-refractivity contribution is 7.16. The van der Waals surface area contributed by atoms with Crippen LogP contribution in [0.4, 0.5) is 0 Å². The number of esters is 1. The van der Waals surface area contributed by atoms with Crippen LogP contribution in [0.3, 0.4) is 0 Å². The first kappa shape index (κ1) is 11.0. The quantitative estimate of drug-likeness (QED) is 0.587. The molecule has 1 heterocycles. The van der Waals surface area contributed by atoms with E-state index in [1.807, 2.05) is 0 Å². The number of halogens is 1. The Hall–Kier alpha value is -1.05. The highest BCUT2D eigenvalue weighted by Gasteiger charge is 2.12. The molecule has 0 aliphatic rings. The maximum atomic E-state index is 11.1. The molecule has 0 saturated carbocycles. The molecule has 0 aliphatic heterocycles. The van der Waals surface area contributed by atoms with Gasteiger partial charge in [-0.05, 0) is 12.8 Å². The van der Waals surface area contributed by atoms with Crippen molar-refractivity contribution < 1.29 is 9.53 Å². The van der Waals surface area contributed by atoms with Crippen LogP contribution in [0.25, 0.3) is 0 Å². The average molecular weight is 230 g/mol. The van der Waals surface area contributed by atoms with E-state index < -0.39 is 0 Å². The molecule has 0 N–H and O–H groups in total. The molecule has 3 nitrogen and oxygen atoms in total. The van der Waals surface area contributed by atoms with Crippen LogP contribution in [0.2, 0.25) is 4.34 Å². The zero-order valence-electron chi connectivity index (χ0n) is 7.54. The Morgan fingerprint density at radius 3 is 3.00 bits per heavy atom. The lowest BCUT2D eigenvalue weighted by atomic mass is 10.3. The number of carbonyl (C=O) groups is 1. The molecule has 0 bridgehead atoms. The largest absolute Gasteiger partial charge is 0.466 e. The number of rotatable bonds is 3. The van der Waals surface area contributed by atoms with Gasteiger partial charge in [-0.15, -0.1) is 6.42 Å². The first-order valence-corrected chi connectivity index (χ1v) is 5.14. The third-order valence-electron chi connectivity index (χ3n) is 1.39. The molecule has 0 aromatic carbocycles. The van der Waals surface area contributed by atoms with Crippen LogP contribution in [0.5, 0.6) is 0 Å². The first-order valence-electron chi connectivity index (χ1n) is 3.94. The molecule has 0 radical (unpaired) electrons. The third kappa shape index (κ3) is 2.72. The van der Waals surface area contributed by atoms with E-state index in [2.05, 4.69) is 10.9 Å². The van der Waals surface area contributed by atoms with Gasteiger partial charge in [0.25, 0.3) is 0 Å². The van der Waals surface area contributed by atoms with Gasteiger partial charge in [-0.1, -0.05) is 22.9 Å². The molecule has 5 heteroatoms. The van der Waals surface area contributed by atoms with Gasteiger partial charge < -0.3 is 4.74 Å². The normalized spacial score (nSPS) is 9.50. The molecule has 14 heavy (non-hydrogen) atoms. The lowest BCUT2D eigenvalue weighted by molar-refractivity contribution is -0.142. The number of nitrogens with zero attached hydrogens (tertiary/aromatic N) is 1. The van der Waals surface area contributed by atoms with Crippen molar-refractivity contribution in [3.8, 4) is 12.3 Å². The SMILES string of the molecule is C#Cc1nc(CC(=O)OCC)c(Cl)s1. The van der Waals surface area contributed by atoms with E-state index in [1.165, 1.54) is 11.3 Å². The van der Waals surface area contributed by atoms with Gasteiger partial charge in [0.2, 0.25) is 0 Å². The van der Waals surface area contributed by atoms with E-state index in [-0.39, 0.29) is 12.4 Å². The fourth-order valence-electron chi connectivity index (χ4n) is 0.853. The van der Waals surface area contributed by atoms with Crippen LogP contribution in [0.15, 0.2) is 0 Å². The Labute approximate surface area is 91.1 Å². The second kappa shape index (κ2) is 4.99. The van der Waals surface area contributed by atoms with Gasteiger partial charge >= 0.3 is 5.97 Å². The Bertz CT molecular complexity index is 381. The molecule has 1 aromatic rings. The minimum absolute atomic E-state index is 0.0743. The van der Waals surface area contributed by atoms with Gasteiger partial charge in [0, 0.05) is 0 Å². The lowest BCUT2D eigenvalue weighted by Gasteiger charge is -1.98. The Kier molecular flexibility index (Phi) is 3.93. The first-order chi connectivity index (χ1) is 6.67. The molecule has 1 aromatic heterocycles. The minimum Gasteiger partial charge on any atom is -0.466 e. The topological polar surface area (TPSA) is 39.2 Å². The summed E-state index contributed by atoms with van der Waals surface area (Å²) in [5, 5.41) is 0.481. The summed E-state index contributed by atoms with van der Waals surface area (Å²) in [4.78, 5) is 15.1. The number of carbonyl (C=O) groups excluding carboxylic acids is 1. The van der Waals surface area contributed by atoms with E-state index in [1.54, 1.807) is 6.92 Å². The number of ether oxygens (including phenoxy) is 1. The molecule has 0 fully saturated rings. The Morgan fingerprint density at radius 1 is 1.79 bits per heavy atom. The number of aromatic nitrogens is 1. The highest BCUT2D eigenvalue weighted by atomic mass is 35.5. The zero-order chi connectivity index (χ0) is 10.6. The fraction of sp³-hybridized carbons (Fsp3) is 0.333. The monoisotopic (exact) mass is 229 g/mol. The van der Waals surface area contributed by atoms with Crippen molar-refractivity contribution in [3.63, 3.8) is 0 Å². The predicted octanol–water partition coefficient (Wildman–Crippen LogP) is 1.88. The van der Waals surface area contributed by atoms with Crippen LogP contribution < -0.4 is 0 Å². The second-order valence-corrected chi connectivity index (χ2v) is 3.97. The summed E-state index contributed by atoms with van der Waals surface area (Å²) in [7, 11) is 0. The van der Waals surface area contributed by atoms with Crippen LogP contribution in [0, 0.1) is 12.3 Å². The number of hydrogen-bond acceptors (Lipinski definition) is 4. The summed E-state index contributed by atoms with van der Waals surface area (Å²) in [6.45, 7) is 2.09. The summed E-state index contributed by atoms with van der Waals surface area (Å²) >= 11 is 7.01. The molecular formula is C9H8ClNO2S. The standard InChI is InChI=1S/C9H8ClNO2S/c1-3-7-11-6(9(10)14-7)5-8(12)13-4-2/h1H,4-5H2,2H3. The van der Waals surface area contributed by atoms with Crippen LogP contribution in [-0.2, 0) is 16.0 Å². The van der Waals surface area contributed by atoms with E-state index in [9.17, 15) is 4.79 Å². The summed E-state index contributed by atoms with van der Waals surface area (Å²) in [6.07, 6.45) is 5.22. The number of hydrogen-bond donors (Lipinski definition) is 0. The van der Waals surface area contributed by atoms with Gasteiger partial charge in [-0.25, -0.2) is 4.98 Å². The predicted molar refractivity (Wildman–Crippen MR) is 55.4 cm³/mol. The molecule has 0 saturated heterocycles. The highest BCUT2D eigenvalue weighted by Crippen LogP contribution is 2.24. The van der Waals surface area contributed by atoms with Crippen molar-refractivity contribution in [1.82, 2.24) is 4.98 Å². The minimum atomic E-state index is -0.344. The molecule has 0 atom stereocenters. The summed E-state index contributed by atoms with van der Waals surface area (Å²) < 4.78 is 5.21. The summed E-state index contributed by atoms with van der Waals surface area (Å²) in [5.41, 5.74) is 0.489. The van der Waals surface area contributed by atoms with Gasteiger partial charge in [-0.3, -0.25) is 4.79 Å². The maximum absolute atomic E-state index is 11.1. The molecule has 74 valence electrons. The van der Waals surface area contributed by atoms with Crippen molar-refractivity contribution in [1.29, 1.82) is 0 Å². The summed E-state index contributed by atoms with van der Waals surface area (Å²) in [5.74, 6) is 2.02. The summed E-state index contributed by atoms with van der Waals surface area (Å²) in [6, 6.07) is 0. The molecule has 0 spiro atoms. The van der Waals surface area contributed by atoms with Crippen molar-refractivity contribution in [3.05, 3.63) is 15.0 Å². The van der Waals surface area contributed by atoms with Crippen molar-refractivity contribution >= 4 is 28.9 Å². The van der Waals surface area contributed by atoms with Crippen LogP contribution in [-0.4, -0.2) is 17.6 Å². The van der Waals surface area contributed by atoms with Crippen molar-refractivity contribution in [2.45, 2.75) is 13.3 Å². The maximum Gasteiger partial charge on any atom is 0.311 e. The Morgan fingerprint density at radius 2 is 2.50 bits per heavy atom. The van der Waals surface area contributed by atoms with Crippen LogP contribution >= 0.6 is 22.9 Å². The third-order valence-corrected chi connectivity index (χ3v) is 2.66. The van der Waals surface area contributed by atoms with Crippen molar-refractivity contribution in [2.24, 2.45) is 0 Å². The molecule has 0 amide bonds. The molecule has 1 rings (SSSR count). The number of thiazole rings is 1. The number of terminal acetylenes is 1. The fourth-order valence-corrected chi connectivity index (χ4v) is 1.80. The smallest absolute Gasteiger partial charge is 0.311 e. The van der Waals surface area contributed by atoms with E-state index in [0.717, 1.165) is 0 Å². The second-order valence-electron chi connectivity index (χ2n) is 2.37. The van der Waals surface area contributed by atoms with E-state index >= 15 is 0 Å². The Balaban J connectivity index is 2.72. The van der Waals surface area contributed by atoms with Gasteiger partial charge in [-0.2, -0.15) is 0 Å². The van der Waals surface area contributed by atoms with Gasteiger partial charge in [0.15, 0.2) is 5.01 Å². The zero-order valence-corrected chi connectivity index (χ0v) is 9.11. The van der Waals surface area contributed by atoms with Crippen molar-refractivity contribution in [2.75, 3.05) is 6.61 Å². The van der Waals surface area contributed by atoms with E-state index in [0.29, 0.717) is 21.6 Å². The molecular weight excluding hydrogens is 222 g/mol. The van der Waals surface area contributed by atoms with Gasteiger partial charge in [0.1, 0.15) is 4.34 Å². The molecule has 0 aliphatic carbocycles. The lowest BCUT2D eigenvalue weighted by Crippen LogP contribution is -2.07. The van der Waals surface area contributed by atoms with Gasteiger partial charge in [0.05, 0.1) is 18.7 Å². The van der Waals surface area contributed by atoms with E-state index in [4.69, 9.17) is 22.8 Å². The molecule has 0 unspecified atom stereocenters. The van der Waals surface area contributed by atoms with Crippen LogP contribution in [0.1, 0.15) is 17.6 Å².